The monoisotopic (exact) mass is 260 g/mol. The van der Waals surface area contributed by atoms with Gasteiger partial charge in [-0.15, -0.1) is 0 Å². The van der Waals surface area contributed by atoms with Gasteiger partial charge in [0, 0.05) is 38.4 Å². The largest absolute Gasteiger partial charge is 0.379 e. The Morgan fingerprint density at radius 3 is 2.61 bits per heavy atom. The van der Waals surface area contributed by atoms with Crippen LogP contribution in [0.5, 0.6) is 0 Å². The van der Waals surface area contributed by atoms with Gasteiger partial charge in [-0.25, -0.2) is 0 Å². The van der Waals surface area contributed by atoms with Gasteiger partial charge in [0.05, 0.1) is 13.2 Å². The number of rotatable bonds is 9. The molecular formula is C13H28N2O3. The third kappa shape index (κ3) is 6.66. The lowest BCUT2D eigenvalue weighted by molar-refractivity contribution is -0.133. The summed E-state index contributed by atoms with van der Waals surface area (Å²) < 4.78 is 16.4. The molecule has 0 aliphatic carbocycles. The molecule has 0 aromatic carbocycles. The van der Waals surface area contributed by atoms with Gasteiger partial charge in [0.2, 0.25) is 0 Å². The highest BCUT2D eigenvalue weighted by molar-refractivity contribution is 4.75. The molecule has 2 N–H and O–H groups in total. The topological polar surface area (TPSA) is 51.8 Å². The lowest BCUT2D eigenvalue weighted by Crippen LogP contribution is -2.46. The van der Waals surface area contributed by atoms with Gasteiger partial charge in [-0.05, 0) is 27.2 Å². The summed E-state index contributed by atoms with van der Waals surface area (Å²) >= 11 is 0. The second-order valence-electron chi connectivity index (χ2n) is 4.61. The van der Waals surface area contributed by atoms with E-state index >= 15 is 0 Å². The number of hydrogen-bond acceptors (Lipinski definition) is 5. The van der Waals surface area contributed by atoms with Crippen LogP contribution in [0.25, 0.3) is 0 Å². The fourth-order valence-electron chi connectivity index (χ4n) is 2.12. The lowest BCUT2D eigenvalue weighted by atomic mass is 10.1. The molecule has 2 unspecified atom stereocenters. The molecule has 1 aliphatic heterocycles. The van der Waals surface area contributed by atoms with Gasteiger partial charge in [-0.1, -0.05) is 0 Å². The summed E-state index contributed by atoms with van der Waals surface area (Å²) in [6, 6.07) is 0.881. The predicted octanol–water partition coefficient (Wildman–Crippen LogP) is 0.742. The highest BCUT2D eigenvalue weighted by Gasteiger charge is 2.17. The van der Waals surface area contributed by atoms with Crippen molar-refractivity contribution in [3.05, 3.63) is 0 Å². The Morgan fingerprint density at radius 1 is 1.33 bits per heavy atom. The molecule has 5 nitrogen and oxygen atoms in total. The van der Waals surface area contributed by atoms with E-state index in [1.807, 2.05) is 13.8 Å². The predicted molar refractivity (Wildman–Crippen MR) is 71.7 cm³/mol. The van der Waals surface area contributed by atoms with E-state index in [9.17, 15) is 0 Å². The smallest absolute Gasteiger partial charge is 0.169 e. The summed E-state index contributed by atoms with van der Waals surface area (Å²) in [7, 11) is 0. The molecule has 0 spiro atoms. The van der Waals surface area contributed by atoms with Gasteiger partial charge in [0.1, 0.15) is 0 Å². The van der Waals surface area contributed by atoms with E-state index in [2.05, 4.69) is 17.6 Å². The molecule has 1 fully saturated rings. The fourth-order valence-corrected chi connectivity index (χ4v) is 2.12. The molecule has 0 amide bonds. The van der Waals surface area contributed by atoms with Crippen LogP contribution in [0.15, 0.2) is 0 Å². The van der Waals surface area contributed by atoms with Crippen molar-refractivity contribution in [3.8, 4) is 0 Å². The Labute approximate surface area is 111 Å². The van der Waals surface area contributed by atoms with Gasteiger partial charge < -0.3 is 24.8 Å². The van der Waals surface area contributed by atoms with Crippen LogP contribution < -0.4 is 10.6 Å². The van der Waals surface area contributed by atoms with E-state index in [1.54, 1.807) is 0 Å². The lowest BCUT2D eigenvalue weighted by Gasteiger charge is -2.27. The summed E-state index contributed by atoms with van der Waals surface area (Å²) in [5.41, 5.74) is 0. The van der Waals surface area contributed by atoms with Crippen molar-refractivity contribution in [3.63, 3.8) is 0 Å². The zero-order valence-electron chi connectivity index (χ0n) is 11.9. The van der Waals surface area contributed by atoms with Gasteiger partial charge in [0.15, 0.2) is 6.29 Å². The van der Waals surface area contributed by atoms with Crippen molar-refractivity contribution in [2.24, 2.45) is 0 Å². The molecule has 0 aromatic rings. The van der Waals surface area contributed by atoms with E-state index in [-0.39, 0.29) is 6.29 Å². The summed E-state index contributed by atoms with van der Waals surface area (Å²) in [5.74, 6) is 0. The highest BCUT2D eigenvalue weighted by atomic mass is 16.7. The molecule has 1 aliphatic rings. The SMILES string of the molecule is CCOC(CNC(C)CC1COCCN1)OCC. The molecule has 18 heavy (non-hydrogen) atoms. The molecule has 1 rings (SSSR count). The quantitative estimate of drug-likeness (QED) is 0.599. The van der Waals surface area contributed by atoms with Crippen LogP contribution >= 0.6 is 0 Å². The third-order valence-corrected chi connectivity index (χ3v) is 2.97. The van der Waals surface area contributed by atoms with E-state index in [0.29, 0.717) is 25.3 Å². The average Bonchev–Trinajstić information content (AvgIpc) is 2.38. The number of morpholine rings is 1. The maximum absolute atomic E-state index is 5.50. The molecule has 108 valence electrons. The van der Waals surface area contributed by atoms with Gasteiger partial charge in [-0.3, -0.25) is 0 Å². The fraction of sp³-hybridized carbons (Fsp3) is 1.00. The van der Waals surface area contributed by atoms with Crippen LogP contribution in [0.3, 0.4) is 0 Å². The molecule has 0 radical (unpaired) electrons. The maximum atomic E-state index is 5.50. The Hall–Kier alpha value is -0.200. The van der Waals surface area contributed by atoms with E-state index in [1.165, 1.54) is 0 Å². The summed E-state index contributed by atoms with van der Waals surface area (Å²) in [5, 5.41) is 6.91. The van der Waals surface area contributed by atoms with E-state index in [4.69, 9.17) is 14.2 Å². The molecule has 0 aromatic heterocycles. The van der Waals surface area contributed by atoms with E-state index < -0.39 is 0 Å². The first-order chi connectivity index (χ1) is 8.76. The minimum Gasteiger partial charge on any atom is -0.379 e. The molecule has 2 atom stereocenters. The first kappa shape index (κ1) is 15.9. The average molecular weight is 260 g/mol. The minimum absolute atomic E-state index is 0.141. The van der Waals surface area contributed by atoms with Crippen molar-refractivity contribution in [2.45, 2.75) is 45.6 Å². The Morgan fingerprint density at radius 2 is 2.06 bits per heavy atom. The van der Waals surface area contributed by atoms with Crippen LogP contribution in [0.1, 0.15) is 27.2 Å². The van der Waals surface area contributed by atoms with Crippen molar-refractivity contribution in [1.82, 2.24) is 10.6 Å². The molecule has 1 heterocycles. The van der Waals surface area contributed by atoms with Crippen LogP contribution in [-0.2, 0) is 14.2 Å². The number of hydrogen-bond donors (Lipinski definition) is 2. The summed E-state index contributed by atoms with van der Waals surface area (Å²) in [4.78, 5) is 0. The molecule has 0 saturated carbocycles. The summed E-state index contributed by atoms with van der Waals surface area (Å²) in [6.07, 6.45) is 0.920. The zero-order chi connectivity index (χ0) is 13.2. The normalized spacial score (nSPS) is 22.3. The standard InChI is InChI=1S/C13H28N2O3/c1-4-17-13(18-5-2)9-15-11(3)8-12-10-16-7-6-14-12/h11-15H,4-10H2,1-3H3. The first-order valence-corrected chi connectivity index (χ1v) is 7.04. The van der Waals surface area contributed by atoms with Crippen molar-refractivity contribution in [2.75, 3.05) is 39.5 Å². The van der Waals surface area contributed by atoms with Crippen LogP contribution in [0.4, 0.5) is 0 Å². The molecule has 1 saturated heterocycles. The Kier molecular flexibility index (Phi) is 8.54. The molecule has 5 heteroatoms. The van der Waals surface area contributed by atoms with Gasteiger partial charge in [0.25, 0.3) is 0 Å². The molecular weight excluding hydrogens is 232 g/mol. The Bertz CT molecular complexity index is 193. The van der Waals surface area contributed by atoms with Crippen molar-refractivity contribution < 1.29 is 14.2 Å². The second-order valence-corrected chi connectivity index (χ2v) is 4.61. The molecule has 0 bridgehead atoms. The summed E-state index contributed by atoms with van der Waals surface area (Å²) in [6.45, 7) is 10.8. The van der Waals surface area contributed by atoms with Gasteiger partial charge >= 0.3 is 0 Å². The maximum Gasteiger partial charge on any atom is 0.169 e. The Balaban J connectivity index is 2.15. The highest BCUT2D eigenvalue weighted by Crippen LogP contribution is 2.03. The number of nitrogens with one attached hydrogen (secondary N) is 2. The second kappa shape index (κ2) is 9.69. The van der Waals surface area contributed by atoms with Crippen molar-refractivity contribution >= 4 is 0 Å². The zero-order valence-corrected chi connectivity index (χ0v) is 11.9. The van der Waals surface area contributed by atoms with Crippen LogP contribution in [0, 0.1) is 0 Å². The first-order valence-electron chi connectivity index (χ1n) is 7.04. The van der Waals surface area contributed by atoms with Crippen LogP contribution in [-0.4, -0.2) is 57.9 Å². The number of ether oxygens (including phenoxy) is 3. The van der Waals surface area contributed by atoms with Gasteiger partial charge in [-0.2, -0.15) is 0 Å². The third-order valence-electron chi connectivity index (χ3n) is 2.97. The van der Waals surface area contributed by atoms with E-state index in [0.717, 1.165) is 32.7 Å². The van der Waals surface area contributed by atoms with Crippen molar-refractivity contribution in [1.29, 1.82) is 0 Å². The van der Waals surface area contributed by atoms with Crippen LogP contribution in [0.2, 0.25) is 0 Å². The minimum atomic E-state index is -0.141.